The van der Waals surface area contributed by atoms with Crippen LogP contribution in [0.5, 0.6) is 5.75 Å². The number of ether oxygens (including phenoxy) is 1. The Morgan fingerprint density at radius 3 is 1.26 bits per heavy atom. The number of methoxy groups -OCH3 is 1. The summed E-state index contributed by atoms with van der Waals surface area (Å²) in [5.41, 5.74) is 7.88. The van der Waals surface area contributed by atoms with E-state index in [0.717, 1.165) is 111 Å². The summed E-state index contributed by atoms with van der Waals surface area (Å²) in [4.78, 5) is 53.9. The summed E-state index contributed by atoms with van der Waals surface area (Å²) in [6.45, 7) is 21.7. The van der Waals surface area contributed by atoms with Crippen molar-refractivity contribution in [3.8, 4) is 5.75 Å². The van der Waals surface area contributed by atoms with E-state index in [1.807, 2.05) is 82.6 Å². The molecule has 3 atom stereocenters. The first-order valence-electron chi connectivity index (χ1n) is 36.2. The third kappa shape index (κ3) is 21.4. The van der Waals surface area contributed by atoms with E-state index in [1.54, 1.807) is 12.3 Å². The number of H-pyrrole nitrogens is 1. The van der Waals surface area contributed by atoms with Crippen molar-refractivity contribution in [1.82, 2.24) is 39.6 Å². The molecule has 3 saturated heterocycles. The Morgan fingerprint density at radius 2 is 0.875 bits per heavy atom. The van der Waals surface area contributed by atoms with Crippen LogP contribution in [0.15, 0.2) is 158 Å². The molecule has 0 spiro atoms. The largest absolute Gasteiger partial charge is 0.494 e. The summed E-state index contributed by atoms with van der Waals surface area (Å²) in [6, 6.07) is 51.9. The van der Waals surface area contributed by atoms with Gasteiger partial charge in [0, 0.05) is 124 Å². The minimum absolute atomic E-state index is 0.0225. The topological polar surface area (TPSA) is 145 Å². The highest BCUT2D eigenvalue weighted by Crippen LogP contribution is 2.34. The highest BCUT2D eigenvalue weighted by Gasteiger charge is 2.33. The number of piperidine rings is 3. The van der Waals surface area contributed by atoms with E-state index in [2.05, 4.69) is 148 Å². The lowest BCUT2D eigenvalue weighted by Crippen LogP contribution is -2.50. The number of urea groups is 3. The molecule has 4 heterocycles. The van der Waals surface area contributed by atoms with Crippen LogP contribution in [0.2, 0.25) is 0 Å². The third-order valence-corrected chi connectivity index (χ3v) is 20.5. The number of fused-ring (bicyclic) bond motifs is 1. The second-order valence-electron chi connectivity index (χ2n) is 27.3. The highest BCUT2D eigenvalue weighted by atomic mass is 19.1. The number of halogens is 1. The number of carbonyl (C=O) groups is 3. The van der Waals surface area contributed by atoms with E-state index in [-0.39, 0.29) is 42.0 Å². The van der Waals surface area contributed by atoms with Crippen LogP contribution in [0.4, 0.5) is 35.8 Å². The molecule has 516 valence electrons. The number of nitrogens with zero attached hydrogens (tertiary/aromatic N) is 7. The first kappa shape index (κ1) is 72.5. The van der Waals surface area contributed by atoms with Gasteiger partial charge in [-0.05, 0) is 162 Å². The van der Waals surface area contributed by atoms with E-state index in [0.29, 0.717) is 49.4 Å². The van der Waals surface area contributed by atoms with Gasteiger partial charge in [-0.3, -0.25) is 5.10 Å². The lowest BCUT2D eigenvalue weighted by molar-refractivity contribution is 0.0987. The van der Waals surface area contributed by atoms with Gasteiger partial charge in [-0.2, -0.15) is 5.10 Å². The molecule has 3 aliphatic heterocycles. The van der Waals surface area contributed by atoms with Gasteiger partial charge in [0.1, 0.15) is 0 Å². The van der Waals surface area contributed by atoms with Crippen molar-refractivity contribution in [2.24, 2.45) is 0 Å². The summed E-state index contributed by atoms with van der Waals surface area (Å²) < 4.78 is 19.1. The molecule has 7 aromatic rings. The van der Waals surface area contributed by atoms with Crippen molar-refractivity contribution in [1.29, 1.82) is 0 Å². The monoisotopic (exact) mass is 1310 g/mol. The van der Waals surface area contributed by atoms with Crippen molar-refractivity contribution in [3.63, 3.8) is 0 Å². The lowest BCUT2D eigenvalue weighted by Gasteiger charge is -2.40. The zero-order chi connectivity index (χ0) is 67.6. The van der Waals surface area contributed by atoms with Gasteiger partial charge < -0.3 is 50.1 Å². The quantitative estimate of drug-likeness (QED) is 0.0496. The number of aromatic nitrogens is 2. The predicted octanol–water partition coefficient (Wildman–Crippen LogP) is 18.2. The average molecular weight is 1310 g/mol. The molecule has 11 rings (SSSR count). The summed E-state index contributed by atoms with van der Waals surface area (Å²) in [5.74, 6) is 0.356. The van der Waals surface area contributed by atoms with Gasteiger partial charge in [-0.25, -0.2) is 18.8 Å². The number of nitrogens with one attached hydrogen (secondary N) is 4. The van der Waals surface area contributed by atoms with Gasteiger partial charge in [0.15, 0.2) is 11.6 Å². The van der Waals surface area contributed by atoms with Gasteiger partial charge in [0.25, 0.3) is 0 Å². The highest BCUT2D eigenvalue weighted by molar-refractivity contribution is 5.93. The fraction of sp³-hybridized carbons (Fsp3) is 0.500. The van der Waals surface area contributed by atoms with Gasteiger partial charge >= 0.3 is 18.1 Å². The molecule has 1 aliphatic carbocycles. The first-order chi connectivity index (χ1) is 46.8. The maximum atomic E-state index is 14.1. The van der Waals surface area contributed by atoms with Crippen molar-refractivity contribution in [3.05, 3.63) is 186 Å². The van der Waals surface area contributed by atoms with E-state index < -0.39 is 5.82 Å². The number of carbonyl (C=O) groups excluding carboxylic acids is 3. The molecule has 96 heavy (non-hydrogen) atoms. The van der Waals surface area contributed by atoms with Crippen LogP contribution in [-0.4, -0.2) is 140 Å². The summed E-state index contributed by atoms with van der Waals surface area (Å²) in [6.07, 6.45) is 21.7. The second kappa shape index (κ2) is 37.6. The maximum Gasteiger partial charge on any atom is 0.322 e. The molecule has 3 unspecified atom stereocenters. The number of anilines is 3. The van der Waals surface area contributed by atoms with E-state index in [1.165, 1.54) is 101 Å². The van der Waals surface area contributed by atoms with Crippen LogP contribution in [0.3, 0.4) is 0 Å². The number of amides is 6. The Kier molecular flexibility index (Phi) is 28.4. The van der Waals surface area contributed by atoms with E-state index >= 15 is 0 Å². The molecule has 4 N–H and O–H groups in total. The molecule has 15 nitrogen and oxygen atoms in total. The first-order valence-corrected chi connectivity index (χ1v) is 36.2. The van der Waals surface area contributed by atoms with Crippen molar-refractivity contribution in [2.45, 2.75) is 212 Å². The van der Waals surface area contributed by atoms with Crippen LogP contribution in [0.25, 0.3) is 10.9 Å². The maximum absolute atomic E-state index is 14.1. The normalized spacial score (nSPS) is 17.2. The second-order valence-corrected chi connectivity index (χ2v) is 27.3. The molecule has 1 aromatic heterocycles. The number of hydrogen-bond donors (Lipinski definition) is 4. The van der Waals surface area contributed by atoms with Crippen LogP contribution in [-0.2, 0) is 19.6 Å². The van der Waals surface area contributed by atoms with Gasteiger partial charge in [0.05, 0.1) is 18.8 Å². The van der Waals surface area contributed by atoms with Crippen LogP contribution < -0.4 is 20.7 Å². The fourth-order valence-electron chi connectivity index (χ4n) is 14.8. The standard InChI is InChI=1S/C30H43N3O.C25H34FN3O2.C25H33N5O/c1-3-10-24(2)32-21-19-29(20-22-32)33(23-25-11-6-4-7-12-25)30(34)31-28-17-15-27(16-18-28)26-13-8-5-9-14-26;1-4-8-19(2)28-15-13-22(14-16-28)29(18-20-9-6-5-7-10-20)25(30)27-21-11-12-24(31-3)23(26)17-21;1-3-7-19(2)29-14-12-23(13-15-29)30(18-20-8-5-4-6-9-20)25(31)27-22-11-10-21-17-26-28-24(21)16-22/h4,6-7,11-12,15-18,24,26,29H,3,5,8-10,13-14,19-23H2,1-2H3,(H,31,34);5-7,9-12,17,19,22H,4,8,13-16,18H2,1-3H3,(H,27,30);4-6,8-11,16-17,19,23H,3,7,12-15,18H2,1-2H3,(H,26,28)(H,27,31). The number of hydrogen-bond acceptors (Lipinski definition) is 8. The molecule has 0 bridgehead atoms. The zero-order valence-corrected chi connectivity index (χ0v) is 58.6. The predicted molar refractivity (Wildman–Crippen MR) is 391 cm³/mol. The molecular formula is C80H110FN11O4. The Balaban J connectivity index is 0.000000169. The number of benzene rings is 6. The van der Waals surface area contributed by atoms with Gasteiger partial charge in [-0.15, -0.1) is 0 Å². The van der Waals surface area contributed by atoms with Crippen molar-refractivity contribution in [2.75, 3.05) is 62.3 Å². The van der Waals surface area contributed by atoms with Crippen LogP contribution >= 0.6 is 0 Å². The molecule has 6 amide bonds. The van der Waals surface area contributed by atoms with Crippen molar-refractivity contribution < 1.29 is 23.5 Å². The lowest BCUT2D eigenvalue weighted by atomic mass is 9.84. The molecule has 6 aromatic carbocycles. The Hall–Kier alpha value is -7.79. The van der Waals surface area contributed by atoms with E-state index in [4.69, 9.17) is 4.74 Å². The molecule has 0 radical (unpaired) electrons. The molecule has 4 fully saturated rings. The third-order valence-electron chi connectivity index (χ3n) is 20.5. The van der Waals surface area contributed by atoms with E-state index in [9.17, 15) is 18.8 Å². The smallest absolute Gasteiger partial charge is 0.322 e. The molecule has 1 saturated carbocycles. The summed E-state index contributed by atoms with van der Waals surface area (Å²) in [5, 5.41) is 17.3. The van der Waals surface area contributed by atoms with Gasteiger partial charge in [-0.1, -0.05) is 162 Å². The number of likely N-dealkylation sites (tertiary alicyclic amines) is 3. The molecular weight excluding hydrogens is 1200 g/mol. The molecule has 16 heteroatoms. The molecule has 4 aliphatic rings. The summed E-state index contributed by atoms with van der Waals surface area (Å²) >= 11 is 0. The van der Waals surface area contributed by atoms with Gasteiger partial charge in [0.2, 0.25) is 0 Å². The van der Waals surface area contributed by atoms with Crippen molar-refractivity contribution >= 4 is 46.1 Å². The number of rotatable bonds is 23. The van der Waals surface area contributed by atoms with Crippen LogP contribution in [0.1, 0.15) is 179 Å². The fourth-order valence-corrected chi connectivity index (χ4v) is 14.8. The zero-order valence-electron chi connectivity index (χ0n) is 58.6. The minimum atomic E-state index is -0.492. The number of aromatic amines is 1. The average Bonchev–Trinajstić information content (AvgIpc) is 2.04. The Bertz CT molecular complexity index is 3400. The minimum Gasteiger partial charge on any atom is -0.494 e. The Labute approximate surface area is 572 Å². The van der Waals surface area contributed by atoms with Crippen LogP contribution in [0, 0.1) is 5.82 Å². The Morgan fingerprint density at radius 1 is 0.500 bits per heavy atom. The SMILES string of the molecule is CCCC(C)N1CCC(N(Cc2ccccc2)C(=O)Nc2ccc(C3CCCCC3)cc2)CC1.CCCC(C)N1CCC(N(Cc2ccccc2)C(=O)Nc2ccc(OC)c(F)c2)CC1.CCCC(C)N1CCC(N(Cc2ccccc2)C(=O)Nc2ccc3cn[nH]c3c2)CC1. The summed E-state index contributed by atoms with van der Waals surface area (Å²) in [7, 11) is 1.42.